The van der Waals surface area contributed by atoms with Crippen molar-refractivity contribution in [3.8, 4) is 0 Å². The molecule has 4 rings (SSSR count). The van der Waals surface area contributed by atoms with Gasteiger partial charge in [0.05, 0.1) is 37.3 Å². The Morgan fingerprint density at radius 2 is 1.96 bits per heavy atom. The number of fused-ring (bicyclic) bond motifs is 1. The van der Waals surface area contributed by atoms with Gasteiger partial charge < -0.3 is 14.1 Å². The summed E-state index contributed by atoms with van der Waals surface area (Å²) in [4.78, 5) is 13.1. The molecule has 0 bridgehead atoms. The molecule has 3 heterocycles. The van der Waals surface area contributed by atoms with Crippen molar-refractivity contribution in [3.05, 3.63) is 53.7 Å². The second-order valence-electron chi connectivity index (χ2n) is 7.23. The predicted octanol–water partition coefficient (Wildman–Crippen LogP) is 3.19. The highest BCUT2D eigenvalue weighted by atomic mass is 16.5. The molecule has 1 aliphatic rings. The summed E-state index contributed by atoms with van der Waals surface area (Å²) in [6, 6.07) is 12.3. The lowest BCUT2D eigenvalue weighted by molar-refractivity contribution is 0.0357. The van der Waals surface area contributed by atoms with Crippen LogP contribution in [0.3, 0.4) is 0 Å². The van der Waals surface area contributed by atoms with Gasteiger partial charge in [0.25, 0.3) is 0 Å². The molecule has 0 spiro atoms. The summed E-state index contributed by atoms with van der Waals surface area (Å²) in [6.07, 6.45) is 1.12. The fraction of sp³-hybridized carbons (Fsp3) is 0.476. The Balaban J connectivity index is 1.39. The van der Waals surface area contributed by atoms with Crippen molar-refractivity contribution in [1.29, 1.82) is 0 Å². The Bertz CT molecular complexity index is 818. The van der Waals surface area contributed by atoms with Gasteiger partial charge in [0.1, 0.15) is 17.3 Å². The van der Waals surface area contributed by atoms with Gasteiger partial charge in [0, 0.05) is 19.6 Å². The van der Waals surface area contributed by atoms with Gasteiger partial charge in [-0.25, -0.2) is 4.98 Å². The summed E-state index contributed by atoms with van der Waals surface area (Å²) < 4.78 is 11.2. The van der Waals surface area contributed by atoms with E-state index in [0.29, 0.717) is 0 Å². The van der Waals surface area contributed by atoms with Crippen molar-refractivity contribution >= 4 is 11.0 Å². The maximum Gasteiger partial charge on any atom is 0.121 e. The van der Waals surface area contributed by atoms with E-state index >= 15 is 0 Å². The van der Waals surface area contributed by atoms with Gasteiger partial charge in [0.15, 0.2) is 0 Å². The van der Waals surface area contributed by atoms with Gasteiger partial charge in [-0.1, -0.05) is 12.1 Å². The van der Waals surface area contributed by atoms with Crippen LogP contribution in [0.2, 0.25) is 0 Å². The molecule has 6 nitrogen and oxygen atoms in total. The summed E-state index contributed by atoms with van der Waals surface area (Å²) >= 11 is 0. The zero-order valence-corrected chi connectivity index (χ0v) is 16.0. The Hall–Kier alpha value is -2.15. The predicted molar refractivity (Wildman–Crippen MR) is 106 cm³/mol. The van der Waals surface area contributed by atoms with Crippen LogP contribution in [0.15, 0.2) is 40.8 Å². The smallest absolute Gasteiger partial charge is 0.121 e. The number of nitrogens with one attached hydrogen (secondary N) is 1. The minimum Gasteiger partial charge on any atom is -0.465 e. The normalized spacial score (nSPS) is 15.8. The number of hydrogen-bond acceptors (Lipinski definition) is 5. The highest BCUT2D eigenvalue weighted by Crippen LogP contribution is 2.15. The number of aromatic nitrogens is 2. The van der Waals surface area contributed by atoms with Crippen LogP contribution < -0.4 is 0 Å². The molecular formula is C21H28N4O2. The Labute approximate surface area is 160 Å². The Morgan fingerprint density at radius 3 is 2.74 bits per heavy atom. The summed E-state index contributed by atoms with van der Waals surface area (Å²) in [5.41, 5.74) is 2.12. The third kappa shape index (κ3) is 4.97. The van der Waals surface area contributed by atoms with Gasteiger partial charge in [-0.05, 0) is 44.2 Å². The average Bonchev–Trinajstić information content (AvgIpc) is 3.27. The van der Waals surface area contributed by atoms with E-state index in [1.807, 2.05) is 31.2 Å². The first-order valence-corrected chi connectivity index (χ1v) is 9.78. The zero-order chi connectivity index (χ0) is 18.5. The molecule has 0 unspecified atom stereocenters. The van der Waals surface area contributed by atoms with Gasteiger partial charge in [0.2, 0.25) is 0 Å². The number of benzene rings is 1. The van der Waals surface area contributed by atoms with E-state index in [4.69, 9.17) is 14.1 Å². The third-order valence-electron chi connectivity index (χ3n) is 5.04. The molecule has 6 heteroatoms. The van der Waals surface area contributed by atoms with E-state index in [9.17, 15) is 0 Å². The van der Waals surface area contributed by atoms with Crippen LogP contribution in [-0.2, 0) is 17.8 Å². The second-order valence-corrected chi connectivity index (χ2v) is 7.23. The number of para-hydroxylation sites is 2. The molecule has 1 aromatic carbocycles. The minimum absolute atomic E-state index is 0.789. The molecule has 1 fully saturated rings. The number of furan rings is 1. The number of H-pyrrole nitrogens is 1. The molecule has 0 radical (unpaired) electrons. The average molecular weight is 368 g/mol. The van der Waals surface area contributed by atoms with E-state index in [1.165, 1.54) is 0 Å². The summed E-state index contributed by atoms with van der Waals surface area (Å²) in [5.74, 6) is 2.97. The quantitative estimate of drug-likeness (QED) is 0.662. The number of aryl methyl sites for hydroxylation is 1. The monoisotopic (exact) mass is 368 g/mol. The number of ether oxygens (including phenoxy) is 1. The number of imidazole rings is 1. The van der Waals surface area contributed by atoms with Crippen molar-refractivity contribution in [2.24, 2.45) is 0 Å². The SMILES string of the molecule is Cc1ccc(CN(CCCN2CCOCC2)Cc2nc3ccccc3[nH]2)o1. The zero-order valence-electron chi connectivity index (χ0n) is 16.0. The van der Waals surface area contributed by atoms with Crippen molar-refractivity contribution in [1.82, 2.24) is 19.8 Å². The standard InChI is InChI=1S/C21H28N4O2/c1-17-7-8-18(27-17)15-25(10-4-9-24-11-13-26-14-12-24)16-21-22-19-5-2-3-6-20(19)23-21/h2-3,5-8H,4,9-16H2,1H3,(H,22,23). The maximum absolute atomic E-state index is 5.81. The molecule has 0 amide bonds. The topological polar surface area (TPSA) is 57.5 Å². The molecule has 1 N–H and O–H groups in total. The molecule has 0 aliphatic carbocycles. The van der Waals surface area contributed by atoms with Gasteiger partial charge >= 0.3 is 0 Å². The molecule has 3 aromatic rings. The molecule has 1 saturated heterocycles. The van der Waals surface area contributed by atoms with Gasteiger partial charge in [-0.15, -0.1) is 0 Å². The molecule has 1 aliphatic heterocycles. The van der Waals surface area contributed by atoms with Gasteiger partial charge in [-0.2, -0.15) is 0 Å². The first kappa shape index (κ1) is 18.2. The van der Waals surface area contributed by atoms with Crippen LogP contribution in [0, 0.1) is 6.92 Å². The van der Waals surface area contributed by atoms with Crippen molar-refractivity contribution in [2.45, 2.75) is 26.4 Å². The first-order valence-electron chi connectivity index (χ1n) is 9.78. The lowest BCUT2D eigenvalue weighted by Crippen LogP contribution is -2.38. The number of nitrogens with zero attached hydrogens (tertiary/aromatic N) is 3. The van der Waals surface area contributed by atoms with Crippen LogP contribution in [0.25, 0.3) is 11.0 Å². The number of hydrogen-bond donors (Lipinski definition) is 1. The van der Waals surface area contributed by atoms with E-state index in [-0.39, 0.29) is 0 Å². The largest absolute Gasteiger partial charge is 0.465 e. The third-order valence-corrected chi connectivity index (χ3v) is 5.04. The molecule has 27 heavy (non-hydrogen) atoms. The van der Waals surface area contributed by atoms with Crippen molar-refractivity contribution in [3.63, 3.8) is 0 Å². The second kappa shape index (κ2) is 8.69. The summed E-state index contributed by atoms with van der Waals surface area (Å²) in [7, 11) is 0. The van der Waals surface area contributed by atoms with E-state index in [1.54, 1.807) is 0 Å². The summed E-state index contributed by atoms with van der Waals surface area (Å²) in [6.45, 7) is 9.49. The number of morpholine rings is 1. The lowest BCUT2D eigenvalue weighted by Gasteiger charge is -2.28. The fourth-order valence-corrected chi connectivity index (χ4v) is 3.64. The molecule has 0 atom stereocenters. The molecule has 0 saturated carbocycles. The van der Waals surface area contributed by atoms with Crippen LogP contribution in [0.1, 0.15) is 23.8 Å². The van der Waals surface area contributed by atoms with Crippen LogP contribution in [0.4, 0.5) is 0 Å². The van der Waals surface area contributed by atoms with E-state index < -0.39 is 0 Å². The van der Waals surface area contributed by atoms with Crippen LogP contribution >= 0.6 is 0 Å². The van der Waals surface area contributed by atoms with Crippen molar-refractivity contribution < 1.29 is 9.15 Å². The highest BCUT2D eigenvalue weighted by Gasteiger charge is 2.14. The Morgan fingerprint density at radius 1 is 1.11 bits per heavy atom. The van der Waals surface area contributed by atoms with Gasteiger partial charge in [-0.3, -0.25) is 9.80 Å². The van der Waals surface area contributed by atoms with Crippen LogP contribution in [0.5, 0.6) is 0 Å². The number of rotatable bonds is 8. The summed E-state index contributed by atoms with van der Waals surface area (Å²) in [5, 5.41) is 0. The maximum atomic E-state index is 5.81. The molecular weight excluding hydrogens is 340 g/mol. The highest BCUT2D eigenvalue weighted by molar-refractivity contribution is 5.74. The fourth-order valence-electron chi connectivity index (χ4n) is 3.64. The molecule has 144 valence electrons. The van der Waals surface area contributed by atoms with Crippen molar-refractivity contribution in [2.75, 3.05) is 39.4 Å². The minimum atomic E-state index is 0.789. The first-order chi connectivity index (χ1) is 13.3. The van der Waals surface area contributed by atoms with E-state index in [2.05, 4.69) is 26.9 Å². The lowest BCUT2D eigenvalue weighted by atomic mass is 10.3. The Kier molecular flexibility index (Phi) is 5.87. The van der Waals surface area contributed by atoms with Crippen LogP contribution in [-0.4, -0.2) is 59.2 Å². The van der Waals surface area contributed by atoms with E-state index in [0.717, 1.165) is 87.3 Å². The number of aromatic amines is 1. The molecule has 2 aromatic heterocycles.